The van der Waals surface area contributed by atoms with Gasteiger partial charge < -0.3 is 10.3 Å². The van der Waals surface area contributed by atoms with E-state index in [1.54, 1.807) is 24.0 Å². The topological polar surface area (TPSA) is 109 Å². The van der Waals surface area contributed by atoms with E-state index in [-0.39, 0.29) is 5.56 Å². The second-order valence-corrected chi connectivity index (χ2v) is 7.87. The first kappa shape index (κ1) is 15.3. The lowest BCUT2D eigenvalue weighted by atomic mass is 10.3. The molecule has 0 amide bonds. The summed E-state index contributed by atoms with van der Waals surface area (Å²) in [6, 6.07) is 0. The highest BCUT2D eigenvalue weighted by atomic mass is 32.1. The SMILES string of the molecule is Cn1c2nc(C[S+]=O)sc2c2cnn(Cc3cnc(N)s3)c(=O)c21. The first-order chi connectivity index (χ1) is 11.6. The summed E-state index contributed by atoms with van der Waals surface area (Å²) in [7, 11) is 1.80. The molecular formula is C13H11N6O2S3+. The van der Waals surface area contributed by atoms with Crippen molar-refractivity contribution in [2.24, 2.45) is 7.05 Å². The minimum atomic E-state index is -0.188. The number of nitrogens with two attached hydrogens (primary N) is 1. The van der Waals surface area contributed by atoms with E-state index in [4.69, 9.17) is 5.73 Å². The number of thiazole rings is 2. The largest absolute Gasteiger partial charge is 0.466 e. The molecule has 0 bridgehead atoms. The average molecular weight is 379 g/mol. The zero-order valence-corrected chi connectivity index (χ0v) is 14.9. The number of nitrogen functional groups attached to an aromatic ring is 1. The molecule has 2 N–H and O–H groups in total. The smallest absolute Gasteiger partial charge is 0.375 e. The van der Waals surface area contributed by atoms with Crippen LogP contribution in [0.25, 0.3) is 21.3 Å². The summed E-state index contributed by atoms with van der Waals surface area (Å²) in [5, 5.41) is 6.25. The molecule has 4 rings (SSSR count). The zero-order valence-electron chi connectivity index (χ0n) is 12.4. The molecule has 4 aromatic heterocycles. The molecule has 0 aliphatic heterocycles. The van der Waals surface area contributed by atoms with Crippen molar-refractivity contribution in [1.29, 1.82) is 0 Å². The van der Waals surface area contributed by atoms with Crippen LogP contribution in [0.5, 0.6) is 0 Å². The molecule has 122 valence electrons. The lowest BCUT2D eigenvalue weighted by Gasteiger charge is -2.03. The monoisotopic (exact) mass is 379 g/mol. The molecule has 0 aromatic carbocycles. The van der Waals surface area contributed by atoms with Gasteiger partial charge in [0.05, 0.1) is 17.4 Å². The van der Waals surface area contributed by atoms with Crippen molar-refractivity contribution in [3.63, 3.8) is 0 Å². The molecule has 24 heavy (non-hydrogen) atoms. The zero-order chi connectivity index (χ0) is 16.8. The molecule has 0 aliphatic carbocycles. The molecule has 0 saturated carbocycles. The molecule has 11 heteroatoms. The Morgan fingerprint density at radius 2 is 2.17 bits per heavy atom. The molecule has 0 atom stereocenters. The van der Waals surface area contributed by atoms with Gasteiger partial charge in [0.25, 0.3) is 11.3 Å². The number of aromatic nitrogens is 5. The van der Waals surface area contributed by atoms with E-state index in [2.05, 4.69) is 15.1 Å². The Bertz CT molecular complexity index is 1140. The van der Waals surface area contributed by atoms with Gasteiger partial charge >= 0.3 is 11.7 Å². The van der Waals surface area contributed by atoms with E-state index >= 15 is 0 Å². The second kappa shape index (κ2) is 5.69. The number of fused-ring (bicyclic) bond motifs is 3. The maximum Gasteiger partial charge on any atom is 0.466 e. The summed E-state index contributed by atoms with van der Waals surface area (Å²) in [6.45, 7) is 0.327. The highest BCUT2D eigenvalue weighted by Gasteiger charge is 2.20. The Morgan fingerprint density at radius 3 is 2.88 bits per heavy atom. The first-order valence-electron chi connectivity index (χ1n) is 6.87. The Kier molecular flexibility index (Phi) is 3.62. The van der Waals surface area contributed by atoms with Crippen LogP contribution >= 0.6 is 22.7 Å². The predicted molar refractivity (Wildman–Crippen MR) is 95.5 cm³/mol. The van der Waals surface area contributed by atoms with E-state index in [1.165, 1.54) is 27.4 Å². The van der Waals surface area contributed by atoms with Crippen molar-refractivity contribution >= 4 is 60.7 Å². The van der Waals surface area contributed by atoms with Crippen LogP contribution in [0.2, 0.25) is 0 Å². The molecule has 0 spiro atoms. The van der Waals surface area contributed by atoms with Crippen LogP contribution in [0.4, 0.5) is 5.13 Å². The number of hydrogen-bond donors (Lipinski definition) is 1. The summed E-state index contributed by atoms with van der Waals surface area (Å²) in [5.74, 6) is 0.318. The van der Waals surface area contributed by atoms with E-state index < -0.39 is 0 Å². The van der Waals surface area contributed by atoms with Crippen molar-refractivity contribution in [1.82, 2.24) is 24.3 Å². The fraction of sp³-hybridized carbons (Fsp3) is 0.231. The fourth-order valence-electron chi connectivity index (χ4n) is 2.60. The molecule has 0 saturated heterocycles. The normalized spacial score (nSPS) is 11.5. The number of anilines is 1. The van der Waals surface area contributed by atoms with Crippen LogP contribution in [0.15, 0.2) is 17.2 Å². The van der Waals surface area contributed by atoms with Gasteiger partial charge in [0.15, 0.2) is 15.8 Å². The minimum absolute atomic E-state index is 0.188. The number of aryl methyl sites for hydroxylation is 1. The number of rotatable bonds is 4. The third-order valence-electron chi connectivity index (χ3n) is 3.63. The van der Waals surface area contributed by atoms with Crippen LogP contribution < -0.4 is 11.3 Å². The second-order valence-electron chi connectivity index (χ2n) is 5.12. The molecule has 4 heterocycles. The quantitative estimate of drug-likeness (QED) is 0.536. The van der Waals surface area contributed by atoms with E-state index in [1.807, 2.05) is 0 Å². The van der Waals surface area contributed by atoms with Crippen molar-refractivity contribution in [2.75, 3.05) is 5.73 Å². The molecule has 0 fully saturated rings. The summed E-state index contributed by atoms with van der Waals surface area (Å²) >= 11 is 3.25. The molecule has 0 unspecified atom stereocenters. The van der Waals surface area contributed by atoms with Crippen molar-refractivity contribution in [3.05, 3.63) is 32.6 Å². The van der Waals surface area contributed by atoms with Gasteiger partial charge in [-0.05, 0) is 0 Å². The molecule has 0 aliphatic rings. The van der Waals surface area contributed by atoms with Crippen molar-refractivity contribution in [3.8, 4) is 0 Å². The van der Waals surface area contributed by atoms with Crippen LogP contribution in [0, 0.1) is 0 Å². The predicted octanol–water partition coefficient (Wildman–Crippen LogP) is 1.36. The van der Waals surface area contributed by atoms with E-state index in [0.717, 1.165) is 20.0 Å². The van der Waals surface area contributed by atoms with Crippen molar-refractivity contribution < 1.29 is 4.21 Å². The standard InChI is InChI=1S/C13H11N6O2S3/c1-18-9-7(10-11(18)17-8(24-10)5-22-21)3-16-19(12(9)20)4-6-2-15-13(14)23-6/h2-3H,4-5H2,1H3,(H2,14,15)/q+1. The van der Waals surface area contributed by atoms with E-state index in [0.29, 0.717) is 40.3 Å². The van der Waals surface area contributed by atoms with Gasteiger partial charge in [-0.1, -0.05) is 0 Å². The van der Waals surface area contributed by atoms with Gasteiger partial charge in [0, 0.05) is 27.7 Å². The first-order valence-corrected chi connectivity index (χ1v) is 9.41. The Hall–Kier alpha value is -2.24. The van der Waals surface area contributed by atoms with Crippen molar-refractivity contribution in [2.45, 2.75) is 12.3 Å². The Labute approximate surface area is 147 Å². The lowest BCUT2D eigenvalue weighted by molar-refractivity contribution is 0.604. The Morgan fingerprint density at radius 1 is 1.33 bits per heavy atom. The van der Waals surface area contributed by atoms with Gasteiger partial charge in [-0.2, -0.15) is 5.10 Å². The summed E-state index contributed by atoms with van der Waals surface area (Å²) in [5.41, 5.74) is 6.70. The lowest BCUT2D eigenvalue weighted by Crippen LogP contribution is -2.24. The van der Waals surface area contributed by atoms with Crippen LogP contribution in [-0.4, -0.2) is 24.3 Å². The molecular weight excluding hydrogens is 368 g/mol. The van der Waals surface area contributed by atoms with Crippen LogP contribution in [-0.2, 0) is 35.2 Å². The summed E-state index contributed by atoms with van der Waals surface area (Å²) < 4.78 is 14.8. The third kappa shape index (κ3) is 2.32. The highest BCUT2D eigenvalue weighted by molar-refractivity contribution is 7.64. The van der Waals surface area contributed by atoms with Gasteiger partial charge in [-0.3, -0.25) is 4.79 Å². The molecule has 8 nitrogen and oxygen atoms in total. The Balaban J connectivity index is 1.88. The maximum absolute atomic E-state index is 12.8. The summed E-state index contributed by atoms with van der Waals surface area (Å²) in [6.07, 6.45) is 3.33. The third-order valence-corrected chi connectivity index (χ3v) is 6.09. The van der Waals surface area contributed by atoms with E-state index in [9.17, 15) is 9.00 Å². The van der Waals surface area contributed by atoms with Gasteiger partial charge in [0.2, 0.25) is 0 Å². The van der Waals surface area contributed by atoms with Gasteiger partial charge in [-0.25, -0.2) is 14.6 Å². The van der Waals surface area contributed by atoms with Gasteiger partial charge in [0.1, 0.15) is 5.52 Å². The minimum Gasteiger partial charge on any atom is -0.375 e. The summed E-state index contributed by atoms with van der Waals surface area (Å²) in [4.78, 5) is 22.1. The molecule has 4 aromatic rings. The fourth-order valence-corrected chi connectivity index (χ4v) is 4.71. The van der Waals surface area contributed by atoms with Gasteiger partial charge in [-0.15, -0.1) is 22.7 Å². The maximum atomic E-state index is 12.8. The number of hydrogen-bond acceptors (Lipinski definition) is 8. The highest BCUT2D eigenvalue weighted by Crippen LogP contribution is 2.30. The van der Waals surface area contributed by atoms with Crippen LogP contribution in [0.3, 0.4) is 0 Å². The van der Waals surface area contributed by atoms with Crippen LogP contribution in [0.1, 0.15) is 9.88 Å². The number of nitrogens with zero attached hydrogens (tertiary/aromatic N) is 5. The molecule has 0 radical (unpaired) electrons. The average Bonchev–Trinajstić information content (AvgIpc) is 3.20.